The minimum Gasteiger partial charge on any atom is -0.396 e. The lowest BCUT2D eigenvalue weighted by molar-refractivity contribution is 0.0896. The SMILES string of the molecule is Cc1cc2c(cc1C)C1CCC(CC(C)C)CN1CC2.OCCCO. The summed E-state index contributed by atoms with van der Waals surface area (Å²) in [4.78, 5) is 2.77. The molecule has 3 heteroatoms. The number of hydrogen-bond acceptors (Lipinski definition) is 3. The number of nitrogens with zero attached hydrogens (tertiary/aromatic N) is 1. The van der Waals surface area contributed by atoms with E-state index in [1.165, 1.54) is 49.9 Å². The Morgan fingerprint density at radius 1 is 1.08 bits per heavy atom. The van der Waals surface area contributed by atoms with Crippen LogP contribution in [0.3, 0.4) is 0 Å². The molecule has 1 aromatic carbocycles. The average molecular weight is 348 g/mol. The van der Waals surface area contributed by atoms with Crippen molar-refractivity contribution in [1.29, 1.82) is 0 Å². The smallest absolute Gasteiger partial charge is 0.0452 e. The first-order chi connectivity index (χ1) is 12.0. The highest BCUT2D eigenvalue weighted by atomic mass is 16.3. The summed E-state index contributed by atoms with van der Waals surface area (Å²) in [6, 6.07) is 5.63. The van der Waals surface area contributed by atoms with E-state index in [-0.39, 0.29) is 13.2 Å². The fourth-order valence-corrected chi connectivity index (χ4v) is 4.34. The molecule has 3 nitrogen and oxygen atoms in total. The van der Waals surface area contributed by atoms with Gasteiger partial charge in [-0.3, -0.25) is 4.90 Å². The number of rotatable bonds is 4. The standard InChI is InChI=1S/C19H29N.C3H8O2/c1-13(2)9-16-5-6-19-18-11-15(4)14(3)10-17(18)7-8-20(19)12-16;4-2-1-3-5/h10-11,13,16,19H,5-9,12H2,1-4H3;4-5H,1-3H2. The van der Waals surface area contributed by atoms with Crippen molar-refractivity contribution < 1.29 is 10.2 Å². The van der Waals surface area contributed by atoms with Crippen molar-refractivity contribution in [2.45, 2.75) is 65.8 Å². The first-order valence-electron chi connectivity index (χ1n) is 10.0. The van der Waals surface area contributed by atoms with Gasteiger partial charge in [-0.25, -0.2) is 0 Å². The maximum absolute atomic E-state index is 7.91. The number of aryl methyl sites for hydroxylation is 2. The summed E-state index contributed by atoms with van der Waals surface area (Å²) in [6.07, 6.45) is 5.95. The highest BCUT2D eigenvalue weighted by Gasteiger charge is 2.33. The molecule has 3 rings (SSSR count). The minimum absolute atomic E-state index is 0.0938. The van der Waals surface area contributed by atoms with E-state index in [1.807, 2.05) is 0 Å². The zero-order valence-corrected chi connectivity index (χ0v) is 16.6. The zero-order valence-electron chi connectivity index (χ0n) is 16.6. The highest BCUT2D eigenvalue weighted by Crippen LogP contribution is 2.40. The molecule has 0 aromatic heterocycles. The van der Waals surface area contributed by atoms with Crippen LogP contribution in [0.25, 0.3) is 0 Å². The molecule has 0 aliphatic carbocycles. The molecular weight excluding hydrogens is 310 g/mol. The predicted octanol–water partition coefficient (Wildman–Crippen LogP) is 4.02. The first kappa shape index (κ1) is 20.4. The van der Waals surface area contributed by atoms with Crippen LogP contribution in [0.2, 0.25) is 0 Å². The molecule has 0 saturated carbocycles. The lowest BCUT2D eigenvalue weighted by atomic mass is 9.80. The van der Waals surface area contributed by atoms with Gasteiger partial charge in [-0.15, -0.1) is 0 Å². The molecule has 25 heavy (non-hydrogen) atoms. The van der Waals surface area contributed by atoms with E-state index in [9.17, 15) is 0 Å². The van der Waals surface area contributed by atoms with Crippen molar-refractivity contribution in [2.75, 3.05) is 26.3 Å². The largest absolute Gasteiger partial charge is 0.396 e. The summed E-state index contributed by atoms with van der Waals surface area (Å²) in [6.45, 7) is 12.0. The first-order valence-corrected chi connectivity index (χ1v) is 10.0. The third kappa shape index (κ3) is 5.54. The number of aliphatic hydroxyl groups is 2. The molecule has 1 fully saturated rings. The second-order valence-corrected chi connectivity index (χ2v) is 8.27. The van der Waals surface area contributed by atoms with Gasteiger partial charge in [-0.05, 0) is 80.0 Å². The van der Waals surface area contributed by atoms with Gasteiger partial charge in [0.2, 0.25) is 0 Å². The number of fused-ring (bicyclic) bond motifs is 3. The Bertz CT molecular complexity index is 539. The summed E-state index contributed by atoms with van der Waals surface area (Å²) in [5.74, 6) is 1.78. The van der Waals surface area contributed by atoms with E-state index >= 15 is 0 Å². The number of aliphatic hydroxyl groups excluding tert-OH is 2. The molecule has 142 valence electrons. The summed E-state index contributed by atoms with van der Waals surface area (Å²) >= 11 is 0. The van der Waals surface area contributed by atoms with Crippen molar-refractivity contribution in [2.24, 2.45) is 11.8 Å². The molecule has 2 heterocycles. The third-order valence-corrected chi connectivity index (χ3v) is 5.69. The van der Waals surface area contributed by atoms with Crippen LogP contribution < -0.4 is 0 Å². The van der Waals surface area contributed by atoms with Crippen LogP contribution in [-0.4, -0.2) is 41.4 Å². The van der Waals surface area contributed by atoms with E-state index in [1.54, 1.807) is 11.1 Å². The molecule has 0 amide bonds. The third-order valence-electron chi connectivity index (χ3n) is 5.69. The molecule has 2 aliphatic rings. The van der Waals surface area contributed by atoms with Gasteiger partial charge in [0.1, 0.15) is 0 Å². The Morgan fingerprint density at radius 2 is 1.76 bits per heavy atom. The van der Waals surface area contributed by atoms with Crippen molar-refractivity contribution in [3.63, 3.8) is 0 Å². The van der Waals surface area contributed by atoms with Gasteiger partial charge in [-0.2, -0.15) is 0 Å². The Hall–Kier alpha value is -0.900. The van der Waals surface area contributed by atoms with Gasteiger partial charge in [0.25, 0.3) is 0 Å². The van der Waals surface area contributed by atoms with Crippen molar-refractivity contribution >= 4 is 0 Å². The van der Waals surface area contributed by atoms with Gasteiger partial charge < -0.3 is 10.2 Å². The Labute approximate surface area is 154 Å². The maximum Gasteiger partial charge on any atom is 0.0452 e. The number of hydrogen-bond donors (Lipinski definition) is 2. The second-order valence-electron chi connectivity index (χ2n) is 8.27. The molecule has 0 spiro atoms. The maximum atomic E-state index is 7.91. The molecule has 2 atom stereocenters. The molecule has 1 saturated heterocycles. The highest BCUT2D eigenvalue weighted by molar-refractivity contribution is 5.40. The quantitative estimate of drug-likeness (QED) is 0.864. The van der Waals surface area contributed by atoms with Crippen molar-refractivity contribution in [3.05, 3.63) is 34.4 Å². The molecule has 2 N–H and O–H groups in total. The lowest BCUT2D eigenvalue weighted by Crippen LogP contribution is -2.42. The van der Waals surface area contributed by atoms with Gasteiger partial charge in [0, 0.05) is 32.3 Å². The van der Waals surface area contributed by atoms with Crippen LogP contribution in [0.1, 0.15) is 67.8 Å². The van der Waals surface area contributed by atoms with E-state index in [4.69, 9.17) is 10.2 Å². The monoisotopic (exact) mass is 347 g/mol. The summed E-state index contributed by atoms with van der Waals surface area (Å²) < 4.78 is 0. The molecular formula is C22H37NO2. The Morgan fingerprint density at radius 3 is 2.36 bits per heavy atom. The number of benzene rings is 1. The fraction of sp³-hybridized carbons (Fsp3) is 0.727. The Balaban J connectivity index is 0.000000399. The van der Waals surface area contributed by atoms with E-state index in [0.717, 1.165) is 11.8 Å². The summed E-state index contributed by atoms with van der Waals surface area (Å²) in [5.41, 5.74) is 6.19. The topological polar surface area (TPSA) is 43.7 Å². The molecule has 1 aromatic rings. The molecule has 2 aliphatic heterocycles. The molecule has 0 bridgehead atoms. The average Bonchev–Trinajstić information content (AvgIpc) is 2.56. The van der Waals surface area contributed by atoms with Gasteiger partial charge in [-0.1, -0.05) is 26.0 Å². The second kappa shape index (κ2) is 9.70. The molecule has 0 radical (unpaired) electrons. The van der Waals surface area contributed by atoms with Gasteiger partial charge >= 0.3 is 0 Å². The Kier molecular flexibility index (Phi) is 7.92. The van der Waals surface area contributed by atoms with Crippen LogP contribution in [0.15, 0.2) is 12.1 Å². The van der Waals surface area contributed by atoms with E-state index < -0.39 is 0 Å². The minimum atomic E-state index is 0.0938. The fourth-order valence-electron chi connectivity index (χ4n) is 4.34. The summed E-state index contributed by atoms with van der Waals surface area (Å²) in [7, 11) is 0. The van der Waals surface area contributed by atoms with Crippen molar-refractivity contribution in [1.82, 2.24) is 4.90 Å². The van der Waals surface area contributed by atoms with Crippen LogP contribution in [-0.2, 0) is 6.42 Å². The van der Waals surface area contributed by atoms with Crippen LogP contribution in [0.5, 0.6) is 0 Å². The molecule has 2 unspecified atom stereocenters. The predicted molar refractivity (Wildman–Crippen MR) is 105 cm³/mol. The van der Waals surface area contributed by atoms with Gasteiger partial charge in [0.05, 0.1) is 0 Å². The van der Waals surface area contributed by atoms with Crippen molar-refractivity contribution in [3.8, 4) is 0 Å². The van der Waals surface area contributed by atoms with E-state index in [0.29, 0.717) is 12.5 Å². The normalized spacial score (nSPS) is 22.8. The van der Waals surface area contributed by atoms with Crippen LogP contribution in [0, 0.1) is 25.7 Å². The van der Waals surface area contributed by atoms with Gasteiger partial charge in [0.15, 0.2) is 0 Å². The van der Waals surface area contributed by atoms with E-state index in [2.05, 4.69) is 44.7 Å². The number of piperidine rings is 1. The van der Waals surface area contributed by atoms with Crippen LogP contribution in [0.4, 0.5) is 0 Å². The van der Waals surface area contributed by atoms with Crippen LogP contribution >= 0.6 is 0 Å². The summed E-state index contributed by atoms with van der Waals surface area (Å²) in [5, 5.41) is 15.8. The lowest BCUT2D eigenvalue weighted by Gasteiger charge is -2.44. The zero-order chi connectivity index (χ0) is 18.4.